The van der Waals surface area contributed by atoms with E-state index in [1.807, 2.05) is 0 Å². The summed E-state index contributed by atoms with van der Waals surface area (Å²) < 4.78 is 69.3. The monoisotopic (exact) mass is 514 g/mol. The third kappa shape index (κ3) is 6.95. The number of likely N-dealkylation sites (tertiary alicyclic amines) is 1. The molecule has 1 saturated heterocycles. The molecule has 0 saturated carbocycles. The number of nitrogens with one attached hydrogen (secondary N) is 1. The Morgan fingerprint density at radius 2 is 1.83 bits per heavy atom. The maximum Gasteiger partial charge on any atom is 0.435 e. The molecule has 2 amide bonds. The van der Waals surface area contributed by atoms with Crippen molar-refractivity contribution in [1.29, 1.82) is 0 Å². The first kappa shape index (κ1) is 27.0. The van der Waals surface area contributed by atoms with Crippen molar-refractivity contribution in [1.82, 2.24) is 20.4 Å². The number of ether oxygens (including phenoxy) is 3. The number of aromatic nitrogens is 2. The number of benzene rings is 1. The van der Waals surface area contributed by atoms with E-state index in [1.165, 1.54) is 18.1 Å². The summed E-state index contributed by atoms with van der Waals surface area (Å²) in [5.74, 6) is -2.24. The molecule has 196 valence electrons. The molecule has 13 heteroatoms. The first-order valence-corrected chi connectivity index (χ1v) is 11.0. The van der Waals surface area contributed by atoms with Crippen LogP contribution in [-0.4, -0.2) is 58.9 Å². The highest BCUT2D eigenvalue weighted by Gasteiger charge is 2.36. The zero-order valence-electron chi connectivity index (χ0n) is 20.1. The molecule has 2 aromatic rings. The van der Waals surface area contributed by atoms with Crippen molar-refractivity contribution >= 4 is 12.0 Å². The second-order valence-electron chi connectivity index (χ2n) is 9.08. The number of hydrogen-bond donors (Lipinski definition) is 1. The molecule has 1 aliphatic rings. The van der Waals surface area contributed by atoms with Gasteiger partial charge in [-0.25, -0.2) is 9.18 Å². The summed E-state index contributed by atoms with van der Waals surface area (Å²) in [6.45, 7) is 5.68. The van der Waals surface area contributed by atoms with Gasteiger partial charge in [0.1, 0.15) is 17.0 Å². The molecule has 1 aromatic carbocycles. The number of alkyl halides is 3. The summed E-state index contributed by atoms with van der Waals surface area (Å²) >= 11 is 0. The number of piperidine rings is 1. The lowest BCUT2D eigenvalue weighted by molar-refractivity contribution is -0.141. The molecular formula is C23H26F4N4O5. The third-order valence-electron chi connectivity index (χ3n) is 5.04. The molecule has 36 heavy (non-hydrogen) atoms. The fourth-order valence-corrected chi connectivity index (χ4v) is 3.44. The Morgan fingerprint density at radius 3 is 2.47 bits per heavy atom. The van der Waals surface area contributed by atoms with E-state index in [9.17, 15) is 27.2 Å². The molecular weight excluding hydrogens is 488 g/mol. The van der Waals surface area contributed by atoms with Crippen LogP contribution in [0.2, 0.25) is 0 Å². The van der Waals surface area contributed by atoms with Gasteiger partial charge in [0.05, 0.1) is 7.11 Å². The number of carbonyl (C=O) groups excluding carboxylic acids is 2. The third-order valence-corrected chi connectivity index (χ3v) is 5.04. The summed E-state index contributed by atoms with van der Waals surface area (Å²) in [6.07, 6.45) is -4.40. The van der Waals surface area contributed by atoms with Crippen molar-refractivity contribution in [3.05, 3.63) is 41.3 Å². The summed E-state index contributed by atoms with van der Waals surface area (Å²) in [5.41, 5.74) is -2.65. The van der Waals surface area contributed by atoms with Crippen LogP contribution in [-0.2, 0) is 10.9 Å². The first-order chi connectivity index (χ1) is 16.8. The van der Waals surface area contributed by atoms with Crippen LogP contribution >= 0.6 is 0 Å². The smallest absolute Gasteiger partial charge is 0.435 e. The van der Waals surface area contributed by atoms with Gasteiger partial charge < -0.3 is 24.4 Å². The molecule has 1 unspecified atom stereocenters. The highest BCUT2D eigenvalue weighted by atomic mass is 19.4. The largest absolute Gasteiger partial charge is 0.493 e. The number of rotatable bonds is 5. The topological polar surface area (TPSA) is 103 Å². The van der Waals surface area contributed by atoms with Crippen molar-refractivity contribution in [2.45, 2.75) is 51.4 Å². The molecule has 1 aliphatic heterocycles. The van der Waals surface area contributed by atoms with Gasteiger partial charge in [-0.1, -0.05) is 0 Å². The molecule has 1 atom stereocenters. The van der Waals surface area contributed by atoms with E-state index in [-0.39, 0.29) is 18.0 Å². The predicted octanol–water partition coefficient (Wildman–Crippen LogP) is 4.56. The molecule has 1 fully saturated rings. The van der Waals surface area contributed by atoms with Gasteiger partial charge in [0.25, 0.3) is 11.8 Å². The average molecular weight is 514 g/mol. The van der Waals surface area contributed by atoms with Gasteiger partial charge in [-0.3, -0.25) is 4.79 Å². The van der Waals surface area contributed by atoms with E-state index in [1.54, 1.807) is 20.8 Å². The molecule has 1 aromatic heterocycles. The minimum atomic E-state index is -4.87. The molecule has 0 spiro atoms. The van der Waals surface area contributed by atoms with Gasteiger partial charge in [-0.2, -0.15) is 13.2 Å². The van der Waals surface area contributed by atoms with Crippen LogP contribution in [0.15, 0.2) is 24.3 Å². The maximum absolute atomic E-state index is 13.5. The summed E-state index contributed by atoms with van der Waals surface area (Å²) in [4.78, 5) is 26.9. The molecule has 3 rings (SSSR count). The van der Waals surface area contributed by atoms with E-state index < -0.39 is 52.8 Å². The van der Waals surface area contributed by atoms with Crippen LogP contribution in [0.25, 0.3) is 0 Å². The Labute approximate surface area is 204 Å². The molecule has 0 aliphatic carbocycles. The van der Waals surface area contributed by atoms with Crippen molar-refractivity contribution in [3.63, 3.8) is 0 Å². The SMILES string of the molecule is COc1cc(F)ccc1Oc1nnc(C(F)(F)F)cc1C(=O)NC1CCCN(C(=O)OC(C)(C)C)C1. The minimum Gasteiger partial charge on any atom is -0.493 e. The zero-order chi connectivity index (χ0) is 26.7. The lowest BCUT2D eigenvalue weighted by Crippen LogP contribution is -2.50. The van der Waals surface area contributed by atoms with Gasteiger partial charge in [0.2, 0.25) is 0 Å². The van der Waals surface area contributed by atoms with Crippen LogP contribution in [0.4, 0.5) is 22.4 Å². The summed E-state index contributed by atoms with van der Waals surface area (Å²) in [6, 6.07) is 3.17. The zero-order valence-corrected chi connectivity index (χ0v) is 20.1. The lowest BCUT2D eigenvalue weighted by Gasteiger charge is -2.34. The summed E-state index contributed by atoms with van der Waals surface area (Å²) in [5, 5.41) is 9.19. The first-order valence-electron chi connectivity index (χ1n) is 11.0. The number of nitrogens with zero attached hydrogens (tertiary/aromatic N) is 3. The second kappa shape index (κ2) is 10.5. The minimum absolute atomic E-state index is 0.0664. The van der Waals surface area contributed by atoms with Gasteiger partial charge in [0, 0.05) is 25.2 Å². The maximum atomic E-state index is 13.5. The molecule has 0 bridgehead atoms. The fourth-order valence-electron chi connectivity index (χ4n) is 3.44. The Kier molecular flexibility index (Phi) is 7.89. The normalized spacial score (nSPS) is 16.3. The number of halogens is 4. The molecule has 2 heterocycles. The van der Waals surface area contributed by atoms with Gasteiger partial charge in [0.15, 0.2) is 17.2 Å². The van der Waals surface area contributed by atoms with Crippen LogP contribution < -0.4 is 14.8 Å². The number of hydrogen-bond acceptors (Lipinski definition) is 7. The van der Waals surface area contributed by atoms with E-state index >= 15 is 0 Å². The van der Waals surface area contributed by atoms with Crippen molar-refractivity contribution in [2.75, 3.05) is 20.2 Å². The van der Waals surface area contributed by atoms with Gasteiger partial charge in [-0.05, 0) is 51.8 Å². The van der Waals surface area contributed by atoms with Crippen molar-refractivity contribution in [3.8, 4) is 17.4 Å². The second-order valence-corrected chi connectivity index (χ2v) is 9.08. The number of carbonyl (C=O) groups is 2. The number of methoxy groups -OCH3 is 1. The van der Waals surface area contributed by atoms with Crippen molar-refractivity contribution in [2.24, 2.45) is 0 Å². The van der Waals surface area contributed by atoms with Crippen LogP contribution in [0.1, 0.15) is 49.7 Å². The summed E-state index contributed by atoms with van der Waals surface area (Å²) in [7, 11) is 1.24. The van der Waals surface area contributed by atoms with Crippen LogP contribution in [0, 0.1) is 5.82 Å². The Morgan fingerprint density at radius 1 is 1.11 bits per heavy atom. The van der Waals surface area contributed by atoms with E-state index in [4.69, 9.17) is 14.2 Å². The standard InChI is InChI=1S/C23H26F4N4O5/c1-22(2,3)36-21(33)31-9-5-6-14(12-31)28-19(32)15-11-18(23(25,26)27)29-30-20(15)35-16-8-7-13(24)10-17(16)34-4/h7-8,10-11,14H,5-6,9,12H2,1-4H3,(H,28,32). The molecule has 9 nitrogen and oxygen atoms in total. The van der Waals surface area contributed by atoms with E-state index in [0.717, 1.165) is 12.1 Å². The van der Waals surface area contributed by atoms with Gasteiger partial charge in [-0.15, -0.1) is 10.2 Å². The van der Waals surface area contributed by atoms with Crippen LogP contribution in [0.5, 0.6) is 17.4 Å². The van der Waals surface area contributed by atoms with Gasteiger partial charge >= 0.3 is 12.3 Å². The van der Waals surface area contributed by atoms with Crippen LogP contribution in [0.3, 0.4) is 0 Å². The average Bonchev–Trinajstić information content (AvgIpc) is 2.78. The fraction of sp³-hybridized carbons (Fsp3) is 0.478. The highest BCUT2D eigenvalue weighted by molar-refractivity contribution is 5.96. The quantitative estimate of drug-likeness (QED) is 0.584. The molecule has 1 N–H and O–H groups in total. The number of amides is 2. The highest BCUT2D eigenvalue weighted by Crippen LogP contribution is 2.34. The molecule has 0 radical (unpaired) electrons. The predicted molar refractivity (Wildman–Crippen MR) is 118 cm³/mol. The lowest BCUT2D eigenvalue weighted by atomic mass is 10.1. The Balaban J connectivity index is 1.85. The Bertz CT molecular complexity index is 1120. The van der Waals surface area contributed by atoms with E-state index in [0.29, 0.717) is 25.5 Å². The van der Waals surface area contributed by atoms with Crippen molar-refractivity contribution < 1.29 is 41.4 Å². The Hall–Kier alpha value is -3.64. The van der Waals surface area contributed by atoms with E-state index in [2.05, 4.69) is 15.5 Å².